The molecular formula is C20H18ClN7OS. The zero-order valence-corrected chi connectivity index (χ0v) is 17.7. The van der Waals surface area contributed by atoms with Crippen molar-refractivity contribution >= 4 is 51.3 Å². The van der Waals surface area contributed by atoms with Crippen LogP contribution in [0.2, 0.25) is 0 Å². The van der Waals surface area contributed by atoms with Gasteiger partial charge in [-0.05, 0) is 29.8 Å². The van der Waals surface area contributed by atoms with E-state index in [0.717, 1.165) is 39.0 Å². The van der Waals surface area contributed by atoms with E-state index in [-0.39, 0.29) is 11.8 Å². The van der Waals surface area contributed by atoms with Crippen LogP contribution < -0.4 is 10.6 Å². The molecule has 3 aromatic heterocycles. The second-order valence-corrected chi connectivity index (χ2v) is 8.69. The minimum Gasteiger partial charge on any atom is -0.369 e. The lowest BCUT2D eigenvalue weighted by molar-refractivity contribution is -0.122. The molecule has 3 aromatic rings. The van der Waals surface area contributed by atoms with Gasteiger partial charge in [0.15, 0.2) is 10.8 Å². The molecule has 4 heterocycles. The number of halogens is 1. The quantitative estimate of drug-likeness (QED) is 0.604. The van der Waals surface area contributed by atoms with Crippen LogP contribution in [-0.2, 0) is 11.2 Å². The number of hydrogen-bond acceptors (Lipinski definition) is 8. The highest BCUT2D eigenvalue weighted by Gasteiger charge is 2.36. The Morgan fingerprint density at radius 2 is 2.07 bits per heavy atom. The van der Waals surface area contributed by atoms with E-state index in [4.69, 9.17) is 27.3 Å². The Labute approximate surface area is 182 Å². The van der Waals surface area contributed by atoms with Gasteiger partial charge in [-0.1, -0.05) is 18.5 Å². The molecule has 1 aliphatic carbocycles. The summed E-state index contributed by atoms with van der Waals surface area (Å²) in [7, 11) is 0. The Hall–Kier alpha value is -2.78. The maximum Gasteiger partial charge on any atom is 0.224 e. The SMILES string of the molecule is CCC1=C(Cl)c2c(nc(Sc3cnc4nccnc4c3)nc2N2CC(C(N)=O)C2)C1. The Bertz CT molecular complexity index is 1210. The number of nitrogens with two attached hydrogens (primary N) is 1. The lowest BCUT2D eigenvalue weighted by Crippen LogP contribution is -2.53. The predicted molar refractivity (Wildman–Crippen MR) is 115 cm³/mol. The van der Waals surface area contributed by atoms with Crippen molar-refractivity contribution in [3.8, 4) is 0 Å². The first-order valence-electron chi connectivity index (χ1n) is 9.61. The topological polar surface area (TPSA) is 111 Å². The molecule has 0 bridgehead atoms. The number of amides is 1. The molecule has 152 valence electrons. The van der Waals surface area contributed by atoms with E-state index in [9.17, 15) is 4.79 Å². The monoisotopic (exact) mass is 439 g/mol. The Morgan fingerprint density at radius 1 is 1.27 bits per heavy atom. The summed E-state index contributed by atoms with van der Waals surface area (Å²) in [6.07, 6.45) is 6.57. The average Bonchev–Trinajstić information content (AvgIpc) is 3.02. The fourth-order valence-electron chi connectivity index (χ4n) is 3.67. The van der Waals surface area contributed by atoms with Crippen LogP contribution in [0.5, 0.6) is 0 Å². The molecule has 0 aromatic carbocycles. The van der Waals surface area contributed by atoms with Gasteiger partial charge in [-0.3, -0.25) is 9.78 Å². The summed E-state index contributed by atoms with van der Waals surface area (Å²) in [4.78, 5) is 36.8. The highest BCUT2D eigenvalue weighted by Crippen LogP contribution is 2.43. The van der Waals surface area contributed by atoms with Crippen molar-refractivity contribution in [2.24, 2.45) is 11.7 Å². The summed E-state index contributed by atoms with van der Waals surface area (Å²) in [6, 6.07) is 1.92. The molecule has 0 atom stereocenters. The van der Waals surface area contributed by atoms with Gasteiger partial charge in [-0.25, -0.2) is 19.9 Å². The molecule has 2 N–H and O–H groups in total. The highest BCUT2D eigenvalue weighted by atomic mass is 35.5. The van der Waals surface area contributed by atoms with E-state index in [2.05, 4.69) is 21.9 Å². The van der Waals surface area contributed by atoms with Gasteiger partial charge in [-0.15, -0.1) is 0 Å². The molecule has 1 aliphatic heterocycles. The number of aromatic nitrogens is 5. The Kier molecular flexibility index (Phi) is 4.79. The van der Waals surface area contributed by atoms with Gasteiger partial charge >= 0.3 is 0 Å². The van der Waals surface area contributed by atoms with Gasteiger partial charge in [0.25, 0.3) is 0 Å². The van der Waals surface area contributed by atoms with Gasteiger partial charge in [0.2, 0.25) is 5.91 Å². The number of fused-ring (bicyclic) bond motifs is 2. The van der Waals surface area contributed by atoms with Crippen molar-refractivity contribution in [2.45, 2.75) is 29.8 Å². The van der Waals surface area contributed by atoms with Crippen LogP contribution in [-0.4, -0.2) is 43.9 Å². The van der Waals surface area contributed by atoms with Crippen LogP contribution in [0.4, 0.5) is 5.82 Å². The van der Waals surface area contributed by atoms with E-state index in [1.165, 1.54) is 11.8 Å². The molecule has 5 rings (SSSR count). The van der Waals surface area contributed by atoms with Crippen molar-refractivity contribution in [3.63, 3.8) is 0 Å². The van der Waals surface area contributed by atoms with Crippen molar-refractivity contribution < 1.29 is 4.79 Å². The number of carbonyl (C=O) groups is 1. The molecule has 1 amide bonds. The second kappa shape index (κ2) is 7.48. The van der Waals surface area contributed by atoms with Gasteiger partial charge in [-0.2, -0.15) is 0 Å². The van der Waals surface area contributed by atoms with E-state index < -0.39 is 0 Å². The molecule has 1 saturated heterocycles. The maximum absolute atomic E-state index is 11.5. The molecule has 8 nitrogen and oxygen atoms in total. The number of nitrogens with zero attached hydrogens (tertiary/aromatic N) is 6. The molecule has 30 heavy (non-hydrogen) atoms. The van der Waals surface area contributed by atoms with E-state index in [0.29, 0.717) is 35.8 Å². The molecule has 2 aliphatic rings. The molecule has 0 spiro atoms. The van der Waals surface area contributed by atoms with Crippen LogP contribution >= 0.6 is 23.4 Å². The molecule has 0 radical (unpaired) electrons. The van der Waals surface area contributed by atoms with Crippen molar-refractivity contribution in [1.29, 1.82) is 0 Å². The number of primary amides is 1. The van der Waals surface area contributed by atoms with Crippen LogP contribution in [0.1, 0.15) is 24.6 Å². The average molecular weight is 440 g/mol. The smallest absolute Gasteiger partial charge is 0.224 e. The predicted octanol–water partition coefficient (Wildman–Crippen LogP) is 2.80. The van der Waals surface area contributed by atoms with E-state index >= 15 is 0 Å². The second-order valence-electron chi connectivity index (χ2n) is 7.28. The third-order valence-electron chi connectivity index (χ3n) is 5.37. The number of rotatable bonds is 5. The minimum absolute atomic E-state index is 0.162. The highest BCUT2D eigenvalue weighted by molar-refractivity contribution is 7.99. The van der Waals surface area contributed by atoms with Gasteiger partial charge in [0, 0.05) is 43.0 Å². The summed E-state index contributed by atoms with van der Waals surface area (Å²) in [5.74, 6) is 0.317. The summed E-state index contributed by atoms with van der Waals surface area (Å²) >= 11 is 8.08. The first-order valence-corrected chi connectivity index (χ1v) is 10.8. The summed E-state index contributed by atoms with van der Waals surface area (Å²) < 4.78 is 0. The fraction of sp³-hybridized carbons (Fsp3) is 0.300. The summed E-state index contributed by atoms with van der Waals surface area (Å²) in [6.45, 7) is 3.17. The van der Waals surface area contributed by atoms with E-state index in [1.807, 2.05) is 11.0 Å². The minimum atomic E-state index is -0.286. The number of anilines is 1. The normalized spacial score (nSPS) is 16.1. The lowest BCUT2D eigenvalue weighted by Gasteiger charge is -2.39. The largest absolute Gasteiger partial charge is 0.369 e. The lowest BCUT2D eigenvalue weighted by atomic mass is 9.99. The van der Waals surface area contributed by atoms with Crippen molar-refractivity contribution in [3.05, 3.63) is 41.5 Å². The molecule has 0 unspecified atom stereocenters. The molecular weight excluding hydrogens is 422 g/mol. The number of allylic oxidation sites excluding steroid dienone is 1. The summed E-state index contributed by atoms with van der Waals surface area (Å²) in [5.41, 5.74) is 9.70. The Morgan fingerprint density at radius 3 is 2.83 bits per heavy atom. The number of pyridine rings is 1. The first-order chi connectivity index (χ1) is 14.5. The number of carbonyl (C=O) groups excluding carboxylic acids is 1. The van der Waals surface area contributed by atoms with Crippen LogP contribution in [0.3, 0.4) is 0 Å². The third-order valence-corrected chi connectivity index (χ3v) is 6.65. The fourth-order valence-corrected chi connectivity index (χ4v) is 4.84. The molecule has 10 heteroatoms. The van der Waals surface area contributed by atoms with Gasteiger partial charge in [0.1, 0.15) is 11.3 Å². The summed E-state index contributed by atoms with van der Waals surface area (Å²) in [5, 5.41) is 1.34. The molecule has 0 saturated carbocycles. The van der Waals surface area contributed by atoms with Crippen molar-refractivity contribution in [2.75, 3.05) is 18.0 Å². The Balaban J connectivity index is 1.51. The standard InChI is InChI=1S/C20H18ClN7OS/c1-2-10-5-13-15(16(10)21)19(28-8-11(9-28)17(22)29)27-20(26-13)30-12-6-14-18(25-7-12)24-4-3-23-14/h3-4,6-7,11H,2,5,8-9H2,1H3,(H2,22,29). The number of hydrogen-bond donors (Lipinski definition) is 1. The van der Waals surface area contributed by atoms with Crippen LogP contribution in [0, 0.1) is 5.92 Å². The van der Waals surface area contributed by atoms with Gasteiger partial charge in [0.05, 0.1) is 22.2 Å². The van der Waals surface area contributed by atoms with E-state index in [1.54, 1.807) is 18.6 Å². The van der Waals surface area contributed by atoms with Gasteiger partial charge < -0.3 is 10.6 Å². The zero-order valence-electron chi connectivity index (χ0n) is 16.2. The molecule has 1 fully saturated rings. The van der Waals surface area contributed by atoms with Crippen molar-refractivity contribution in [1.82, 2.24) is 24.9 Å². The third kappa shape index (κ3) is 3.27. The van der Waals surface area contributed by atoms with Crippen LogP contribution in [0.25, 0.3) is 16.2 Å². The van der Waals surface area contributed by atoms with Crippen LogP contribution in [0.15, 0.2) is 40.3 Å². The zero-order chi connectivity index (χ0) is 20.8. The maximum atomic E-state index is 11.5. The first kappa shape index (κ1) is 19.2.